The van der Waals surface area contributed by atoms with Gasteiger partial charge in [-0.2, -0.15) is 0 Å². The van der Waals surface area contributed by atoms with E-state index >= 15 is 0 Å². The molecule has 0 radical (unpaired) electrons. The zero-order valence-corrected chi connectivity index (χ0v) is 14.5. The fraction of sp³-hybridized carbons (Fsp3) is 0.556. The molecule has 1 saturated carbocycles. The largest absolute Gasteiger partial charge is 0.369 e. The second-order valence-electron chi connectivity index (χ2n) is 7.44. The number of aromatic nitrogens is 2. The van der Waals surface area contributed by atoms with Crippen molar-refractivity contribution < 1.29 is 4.39 Å². The summed E-state index contributed by atoms with van der Waals surface area (Å²) in [5.41, 5.74) is 6.80. The van der Waals surface area contributed by atoms with Gasteiger partial charge in [-0.25, -0.2) is 9.18 Å². The number of anilines is 1. The molecule has 4 rings (SSSR count). The third-order valence-corrected chi connectivity index (χ3v) is 5.58. The highest BCUT2D eigenvalue weighted by Crippen LogP contribution is 2.39. The van der Waals surface area contributed by atoms with Gasteiger partial charge in [-0.3, -0.25) is 14.3 Å². The zero-order valence-electron chi connectivity index (χ0n) is 14.5. The van der Waals surface area contributed by atoms with Crippen LogP contribution >= 0.6 is 0 Å². The summed E-state index contributed by atoms with van der Waals surface area (Å²) >= 11 is 0. The van der Waals surface area contributed by atoms with Gasteiger partial charge in [-0.05, 0) is 45.1 Å². The third-order valence-electron chi connectivity index (χ3n) is 5.58. The van der Waals surface area contributed by atoms with Crippen LogP contribution < -0.4 is 21.9 Å². The highest BCUT2D eigenvalue weighted by atomic mass is 19.1. The first kappa shape index (κ1) is 16.3. The quantitative estimate of drug-likeness (QED) is 0.885. The van der Waals surface area contributed by atoms with E-state index in [1.165, 1.54) is 6.07 Å². The molecule has 2 fully saturated rings. The van der Waals surface area contributed by atoms with Crippen LogP contribution in [0.1, 0.15) is 37.8 Å². The molecule has 134 valence electrons. The summed E-state index contributed by atoms with van der Waals surface area (Å²) in [5.74, 6) is -0.0962. The molecular weight excluding hydrogens is 323 g/mol. The number of nitrogens with one attached hydrogen (secondary N) is 1. The molecule has 1 aliphatic carbocycles. The molecule has 2 aliphatic rings. The smallest absolute Gasteiger partial charge is 0.329 e. The van der Waals surface area contributed by atoms with Gasteiger partial charge in [-0.1, -0.05) is 0 Å². The third kappa shape index (κ3) is 2.57. The minimum absolute atomic E-state index is 0.0568. The van der Waals surface area contributed by atoms with Gasteiger partial charge in [0.2, 0.25) is 0 Å². The van der Waals surface area contributed by atoms with Crippen molar-refractivity contribution in [3.8, 4) is 0 Å². The molecule has 3 N–H and O–H groups in total. The topological polar surface area (TPSA) is 84.1 Å². The van der Waals surface area contributed by atoms with Crippen LogP contribution in [-0.2, 0) is 0 Å². The SMILES string of the molecule is Cc1c(N2CC[C@H]([C@H](C)N)C2)c(F)cc2c(=O)[nH]c(=O)n(C3CC3)c12. The van der Waals surface area contributed by atoms with Crippen LogP contribution in [-0.4, -0.2) is 28.7 Å². The Hall–Kier alpha value is -2.15. The van der Waals surface area contributed by atoms with Crippen molar-refractivity contribution in [2.24, 2.45) is 11.7 Å². The summed E-state index contributed by atoms with van der Waals surface area (Å²) in [5, 5.41) is 0.244. The second-order valence-corrected chi connectivity index (χ2v) is 7.44. The van der Waals surface area contributed by atoms with E-state index in [1.807, 2.05) is 11.8 Å². The Morgan fingerprint density at radius 1 is 1.32 bits per heavy atom. The summed E-state index contributed by atoms with van der Waals surface area (Å²) in [6.07, 6.45) is 2.73. The Morgan fingerprint density at radius 3 is 2.64 bits per heavy atom. The van der Waals surface area contributed by atoms with Crippen LogP contribution in [0.4, 0.5) is 10.1 Å². The number of nitrogens with two attached hydrogens (primary N) is 1. The maximum Gasteiger partial charge on any atom is 0.329 e. The molecular formula is C18H23FN4O2. The van der Waals surface area contributed by atoms with Crippen molar-refractivity contribution in [1.29, 1.82) is 0 Å². The van der Waals surface area contributed by atoms with Crippen LogP contribution in [0.15, 0.2) is 15.7 Å². The Morgan fingerprint density at radius 2 is 2.04 bits per heavy atom. The monoisotopic (exact) mass is 346 g/mol. The van der Waals surface area contributed by atoms with E-state index in [9.17, 15) is 14.0 Å². The number of aromatic amines is 1. The summed E-state index contributed by atoms with van der Waals surface area (Å²) in [6, 6.07) is 1.43. The van der Waals surface area contributed by atoms with Crippen LogP contribution in [0.3, 0.4) is 0 Å². The van der Waals surface area contributed by atoms with Gasteiger partial charge in [0.15, 0.2) is 0 Å². The van der Waals surface area contributed by atoms with Gasteiger partial charge in [-0.15, -0.1) is 0 Å². The van der Waals surface area contributed by atoms with Gasteiger partial charge in [0.05, 0.1) is 16.6 Å². The molecule has 2 atom stereocenters. The fourth-order valence-corrected chi connectivity index (χ4v) is 4.06. The summed E-state index contributed by atoms with van der Waals surface area (Å²) < 4.78 is 16.5. The number of nitrogens with zero attached hydrogens (tertiary/aromatic N) is 2. The number of rotatable bonds is 3. The summed E-state index contributed by atoms with van der Waals surface area (Å²) in [6.45, 7) is 5.20. The summed E-state index contributed by atoms with van der Waals surface area (Å²) in [4.78, 5) is 28.9. The van der Waals surface area contributed by atoms with Gasteiger partial charge >= 0.3 is 5.69 Å². The van der Waals surface area contributed by atoms with Crippen LogP contribution in [0.2, 0.25) is 0 Å². The number of halogens is 1. The van der Waals surface area contributed by atoms with E-state index in [2.05, 4.69) is 4.98 Å². The fourth-order valence-electron chi connectivity index (χ4n) is 4.06. The van der Waals surface area contributed by atoms with Crippen LogP contribution in [0, 0.1) is 18.7 Å². The van der Waals surface area contributed by atoms with E-state index in [1.54, 1.807) is 11.5 Å². The minimum Gasteiger partial charge on any atom is -0.369 e. The molecule has 2 aromatic rings. The zero-order chi connectivity index (χ0) is 17.9. The van der Waals surface area contributed by atoms with Gasteiger partial charge in [0.1, 0.15) is 5.82 Å². The highest BCUT2D eigenvalue weighted by Gasteiger charge is 2.32. The lowest BCUT2D eigenvalue weighted by Crippen LogP contribution is -2.32. The predicted octanol–water partition coefficient (Wildman–Crippen LogP) is 1.65. The molecule has 0 bridgehead atoms. The van der Waals surface area contributed by atoms with Crippen molar-refractivity contribution in [3.63, 3.8) is 0 Å². The van der Waals surface area contributed by atoms with E-state index in [4.69, 9.17) is 5.73 Å². The average Bonchev–Trinajstić information content (AvgIpc) is 3.25. The van der Waals surface area contributed by atoms with Crippen LogP contribution in [0.25, 0.3) is 10.9 Å². The number of fused-ring (bicyclic) bond motifs is 1. The second kappa shape index (κ2) is 5.69. The average molecular weight is 346 g/mol. The maximum atomic E-state index is 14.9. The number of aryl methyl sites for hydroxylation is 1. The lowest BCUT2D eigenvalue weighted by Gasteiger charge is -2.24. The van der Waals surface area contributed by atoms with E-state index in [0.717, 1.165) is 25.8 Å². The van der Waals surface area contributed by atoms with E-state index in [0.29, 0.717) is 29.2 Å². The van der Waals surface area contributed by atoms with E-state index < -0.39 is 17.1 Å². The van der Waals surface area contributed by atoms with Gasteiger partial charge in [0, 0.05) is 30.7 Å². The molecule has 25 heavy (non-hydrogen) atoms. The molecule has 2 heterocycles. The standard InChI is InChI=1S/C18H23FN4O2/c1-9-15-13(17(24)21-18(25)23(15)12-3-4-12)7-14(19)16(9)22-6-5-11(8-22)10(2)20/h7,10-12H,3-6,8,20H2,1-2H3,(H,21,24,25)/t10-,11-/m0/s1. The van der Waals surface area contributed by atoms with Crippen molar-refractivity contribution in [2.75, 3.05) is 18.0 Å². The number of H-pyrrole nitrogens is 1. The van der Waals surface area contributed by atoms with Gasteiger partial charge < -0.3 is 10.6 Å². The van der Waals surface area contributed by atoms with Crippen LogP contribution in [0.5, 0.6) is 0 Å². The van der Waals surface area contributed by atoms with Crippen molar-refractivity contribution in [2.45, 2.75) is 45.2 Å². The first-order valence-corrected chi connectivity index (χ1v) is 8.86. The Labute approximate surface area is 144 Å². The Balaban J connectivity index is 1.93. The highest BCUT2D eigenvalue weighted by molar-refractivity contribution is 5.87. The first-order valence-electron chi connectivity index (χ1n) is 8.86. The number of hydrogen-bond acceptors (Lipinski definition) is 4. The molecule has 0 spiro atoms. The van der Waals surface area contributed by atoms with Gasteiger partial charge in [0.25, 0.3) is 5.56 Å². The predicted molar refractivity (Wildman–Crippen MR) is 95.8 cm³/mol. The number of hydrogen-bond donors (Lipinski definition) is 2. The minimum atomic E-state index is -0.527. The molecule has 0 amide bonds. The lowest BCUT2D eigenvalue weighted by atomic mass is 10.0. The molecule has 1 aromatic carbocycles. The van der Waals surface area contributed by atoms with E-state index in [-0.39, 0.29) is 17.5 Å². The molecule has 1 aliphatic heterocycles. The molecule has 7 heteroatoms. The molecule has 0 unspecified atom stereocenters. The first-order chi connectivity index (χ1) is 11.9. The molecule has 6 nitrogen and oxygen atoms in total. The number of benzene rings is 1. The molecule has 1 aromatic heterocycles. The maximum absolute atomic E-state index is 14.9. The Kier molecular flexibility index (Phi) is 3.72. The normalized spacial score (nSPS) is 21.9. The Bertz CT molecular complexity index is 958. The van der Waals surface area contributed by atoms with Crippen molar-refractivity contribution >= 4 is 16.6 Å². The lowest BCUT2D eigenvalue weighted by molar-refractivity contribution is 0.487. The van der Waals surface area contributed by atoms with Crippen molar-refractivity contribution in [1.82, 2.24) is 9.55 Å². The molecule has 1 saturated heterocycles. The van der Waals surface area contributed by atoms with Crippen molar-refractivity contribution in [3.05, 3.63) is 38.3 Å². The summed E-state index contributed by atoms with van der Waals surface area (Å²) in [7, 11) is 0.